The molecule has 6 heteroatoms. The lowest BCUT2D eigenvalue weighted by molar-refractivity contribution is -0.145. The molecular weight excluding hydrogens is 380 g/mol. The smallest absolute Gasteiger partial charge is 0.308 e. The minimum Gasteiger partial charge on any atom is -0.497 e. The molecule has 1 saturated carbocycles. The summed E-state index contributed by atoms with van der Waals surface area (Å²) >= 11 is 0. The standard InChI is InChI=1S/C24H30N2O4/c1-29-18-9-11-21(30-2)17(12-18)14-25-22-16-8-10-19(24(27)28)20(13-16)26-23(22)15-6-4-3-5-7-15/h3-7,9,11-12,16,19-20,22-23,25-26H,8,10,13-14H2,1-2H3,(H,27,28). The summed E-state index contributed by atoms with van der Waals surface area (Å²) < 4.78 is 10.9. The van der Waals surface area contributed by atoms with Gasteiger partial charge in [0.1, 0.15) is 11.5 Å². The summed E-state index contributed by atoms with van der Waals surface area (Å²) in [5.74, 6) is 1.05. The Morgan fingerprint density at radius 3 is 2.63 bits per heavy atom. The lowest BCUT2D eigenvalue weighted by atomic mass is 9.69. The number of piperidine rings is 1. The number of hydrogen-bond donors (Lipinski definition) is 3. The van der Waals surface area contributed by atoms with Gasteiger partial charge in [-0.1, -0.05) is 30.3 Å². The zero-order valence-corrected chi connectivity index (χ0v) is 17.5. The minimum atomic E-state index is -0.690. The van der Waals surface area contributed by atoms with Crippen molar-refractivity contribution < 1.29 is 19.4 Å². The summed E-state index contributed by atoms with van der Waals surface area (Å²) in [6, 6.07) is 16.4. The van der Waals surface area contributed by atoms with Gasteiger partial charge in [0.2, 0.25) is 0 Å². The molecule has 2 aromatic rings. The van der Waals surface area contributed by atoms with Crippen LogP contribution in [0.3, 0.4) is 0 Å². The van der Waals surface area contributed by atoms with Crippen molar-refractivity contribution in [2.24, 2.45) is 11.8 Å². The van der Waals surface area contributed by atoms with Crippen molar-refractivity contribution in [2.75, 3.05) is 14.2 Å². The van der Waals surface area contributed by atoms with Crippen LogP contribution in [0, 0.1) is 11.8 Å². The maximum Gasteiger partial charge on any atom is 0.308 e. The van der Waals surface area contributed by atoms with Gasteiger partial charge in [-0.05, 0) is 48.9 Å². The van der Waals surface area contributed by atoms with E-state index in [0.717, 1.165) is 36.3 Å². The highest BCUT2D eigenvalue weighted by Gasteiger charge is 2.45. The Kier molecular flexibility index (Phi) is 6.25. The van der Waals surface area contributed by atoms with Crippen molar-refractivity contribution in [1.29, 1.82) is 0 Å². The molecule has 1 saturated heterocycles. The van der Waals surface area contributed by atoms with Crippen LogP contribution >= 0.6 is 0 Å². The first-order chi connectivity index (χ1) is 14.6. The van der Waals surface area contributed by atoms with Crippen molar-refractivity contribution in [2.45, 2.75) is 43.9 Å². The molecule has 2 bridgehead atoms. The van der Waals surface area contributed by atoms with E-state index in [2.05, 4.69) is 22.8 Å². The zero-order chi connectivity index (χ0) is 21.1. The van der Waals surface area contributed by atoms with Crippen LogP contribution in [0.25, 0.3) is 0 Å². The number of hydrogen-bond acceptors (Lipinski definition) is 5. The number of ether oxygens (including phenoxy) is 2. The van der Waals surface area contributed by atoms with Crippen molar-refractivity contribution >= 4 is 5.97 Å². The lowest BCUT2D eigenvalue weighted by Crippen LogP contribution is -2.60. The van der Waals surface area contributed by atoms with Gasteiger partial charge in [0, 0.05) is 30.2 Å². The van der Waals surface area contributed by atoms with E-state index in [-0.39, 0.29) is 24.0 Å². The second-order valence-corrected chi connectivity index (χ2v) is 8.26. The predicted molar refractivity (Wildman–Crippen MR) is 115 cm³/mol. The highest BCUT2D eigenvalue weighted by molar-refractivity contribution is 5.71. The number of methoxy groups -OCH3 is 2. The average Bonchev–Trinajstić information content (AvgIpc) is 2.78. The van der Waals surface area contributed by atoms with Gasteiger partial charge in [0.05, 0.1) is 20.1 Å². The molecule has 6 nitrogen and oxygen atoms in total. The maximum atomic E-state index is 11.7. The van der Waals surface area contributed by atoms with Crippen LogP contribution in [0.2, 0.25) is 0 Å². The molecule has 2 aromatic carbocycles. The summed E-state index contributed by atoms with van der Waals surface area (Å²) in [6.45, 7) is 0.652. The van der Waals surface area contributed by atoms with E-state index in [0.29, 0.717) is 12.5 Å². The molecule has 5 unspecified atom stereocenters. The fourth-order valence-corrected chi connectivity index (χ4v) is 5.11. The summed E-state index contributed by atoms with van der Waals surface area (Å²) in [7, 11) is 3.34. The van der Waals surface area contributed by atoms with Gasteiger partial charge in [0.25, 0.3) is 0 Å². The third kappa shape index (κ3) is 4.16. The second-order valence-electron chi connectivity index (χ2n) is 8.26. The lowest BCUT2D eigenvalue weighted by Gasteiger charge is -2.49. The van der Waals surface area contributed by atoms with E-state index in [4.69, 9.17) is 9.47 Å². The van der Waals surface area contributed by atoms with Crippen molar-refractivity contribution in [3.05, 3.63) is 59.7 Å². The van der Waals surface area contributed by atoms with Crippen LogP contribution in [-0.4, -0.2) is 37.4 Å². The molecule has 5 atom stereocenters. The van der Waals surface area contributed by atoms with E-state index in [1.165, 1.54) is 5.56 Å². The van der Waals surface area contributed by atoms with Gasteiger partial charge in [-0.2, -0.15) is 0 Å². The first kappa shape index (κ1) is 20.7. The van der Waals surface area contributed by atoms with Crippen LogP contribution in [0.4, 0.5) is 0 Å². The number of rotatable bonds is 7. The molecule has 2 fully saturated rings. The molecular formula is C24H30N2O4. The van der Waals surface area contributed by atoms with Crippen LogP contribution in [0.1, 0.15) is 36.4 Å². The Morgan fingerprint density at radius 2 is 1.93 bits per heavy atom. The number of aliphatic carboxylic acids is 1. The summed E-state index contributed by atoms with van der Waals surface area (Å²) in [4.78, 5) is 11.7. The Balaban J connectivity index is 1.58. The van der Waals surface area contributed by atoms with E-state index in [9.17, 15) is 9.90 Å². The fourth-order valence-electron chi connectivity index (χ4n) is 5.11. The monoisotopic (exact) mass is 410 g/mol. The molecule has 1 heterocycles. The molecule has 0 radical (unpaired) electrons. The van der Waals surface area contributed by atoms with Crippen molar-refractivity contribution in [1.82, 2.24) is 10.6 Å². The molecule has 1 aliphatic carbocycles. The third-order valence-electron chi connectivity index (χ3n) is 6.64. The van der Waals surface area contributed by atoms with E-state index in [1.807, 2.05) is 36.4 Å². The zero-order valence-electron chi connectivity index (χ0n) is 17.5. The van der Waals surface area contributed by atoms with Crippen molar-refractivity contribution in [3.63, 3.8) is 0 Å². The molecule has 3 N–H and O–H groups in total. The van der Waals surface area contributed by atoms with E-state index < -0.39 is 5.97 Å². The number of carboxylic acid groups (broad SMARTS) is 1. The molecule has 30 heavy (non-hydrogen) atoms. The summed E-state index contributed by atoms with van der Waals surface area (Å²) in [6.07, 6.45) is 2.53. The molecule has 0 aromatic heterocycles. The largest absolute Gasteiger partial charge is 0.497 e. The number of fused-ring (bicyclic) bond motifs is 2. The Hall–Kier alpha value is -2.57. The van der Waals surface area contributed by atoms with Gasteiger partial charge in [-0.3, -0.25) is 4.79 Å². The van der Waals surface area contributed by atoms with E-state index in [1.54, 1.807) is 14.2 Å². The Morgan fingerprint density at radius 1 is 1.13 bits per heavy atom. The van der Waals surface area contributed by atoms with Gasteiger partial charge < -0.3 is 25.2 Å². The van der Waals surface area contributed by atoms with Crippen LogP contribution in [0.5, 0.6) is 11.5 Å². The molecule has 0 spiro atoms. The quantitative estimate of drug-likeness (QED) is 0.649. The van der Waals surface area contributed by atoms with Crippen LogP contribution in [-0.2, 0) is 11.3 Å². The molecule has 0 amide bonds. The second kappa shape index (κ2) is 9.06. The summed E-state index contributed by atoms with van der Waals surface area (Å²) in [5, 5.41) is 17.1. The molecule has 2 aliphatic rings. The summed E-state index contributed by atoms with van der Waals surface area (Å²) in [5.41, 5.74) is 2.23. The number of carbonyl (C=O) groups is 1. The van der Waals surface area contributed by atoms with Gasteiger partial charge in [0.15, 0.2) is 0 Å². The number of benzene rings is 2. The predicted octanol–water partition coefficient (Wildman–Crippen LogP) is 3.38. The van der Waals surface area contributed by atoms with Crippen molar-refractivity contribution in [3.8, 4) is 11.5 Å². The highest BCUT2D eigenvalue weighted by Crippen LogP contribution is 2.41. The highest BCUT2D eigenvalue weighted by atomic mass is 16.5. The average molecular weight is 411 g/mol. The Bertz CT molecular complexity index is 873. The first-order valence-corrected chi connectivity index (χ1v) is 10.6. The van der Waals surface area contributed by atoms with Gasteiger partial charge in [-0.25, -0.2) is 0 Å². The SMILES string of the molecule is COc1ccc(OC)c(CNC2C3CCC(C(=O)O)C(C3)NC2c2ccccc2)c1. The molecule has 4 rings (SSSR count). The number of carboxylic acids is 1. The maximum absolute atomic E-state index is 11.7. The fraction of sp³-hybridized carbons (Fsp3) is 0.458. The topological polar surface area (TPSA) is 79.8 Å². The third-order valence-corrected chi connectivity index (χ3v) is 6.64. The molecule has 160 valence electrons. The molecule has 1 aliphatic heterocycles. The normalized spacial score (nSPS) is 28.0. The minimum absolute atomic E-state index is 0.0101. The van der Waals surface area contributed by atoms with Crippen LogP contribution in [0.15, 0.2) is 48.5 Å². The van der Waals surface area contributed by atoms with E-state index >= 15 is 0 Å². The van der Waals surface area contributed by atoms with Gasteiger partial charge >= 0.3 is 5.97 Å². The first-order valence-electron chi connectivity index (χ1n) is 10.6. The number of nitrogens with one attached hydrogen (secondary N) is 2. The Labute approximate surface area is 177 Å². The van der Waals surface area contributed by atoms with Gasteiger partial charge in [-0.15, -0.1) is 0 Å². The van der Waals surface area contributed by atoms with Crippen LogP contribution < -0.4 is 20.1 Å².